The van der Waals surface area contributed by atoms with E-state index in [4.69, 9.17) is 8.83 Å². The quantitative estimate of drug-likeness (QED) is 0.812. The molecular formula is C11H12O3. The van der Waals surface area contributed by atoms with Gasteiger partial charge in [0.25, 0.3) is 0 Å². The largest absolute Gasteiger partial charge is 0.472 e. The molecule has 0 bridgehead atoms. The van der Waals surface area contributed by atoms with Crippen LogP contribution in [0.2, 0.25) is 0 Å². The zero-order chi connectivity index (χ0) is 9.97. The lowest BCUT2D eigenvalue weighted by atomic mass is 10.1. The molecule has 1 N–H and O–H groups in total. The maximum atomic E-state index is 9.80. The molecule has 0 aliphatic carbocycles. The molecule has 74 valence electrons. The number of hydrogen-bond donors (Lipinski definition) is 1. The van der Waals surface area contributed by atoms with Gasteiger partial charge in [-0.3, -0.25) is 0 Å². The number of aliphatic hydroxyl groups is 1. The standard InChI is InChI=1S/C11H12O3/c1-8-4-10(7-14-8)11(12)5-9-2-3-13-6-9/h2-4,6-7,11-12H,5H2,1H3. The molecule has 0 amide bonds. The van der Waals surface area contributed by atoms with Gasteiger partial charge in [-0.1, -0.05) is 0 Å². The molecule has 14 heavy (non-hydrogen) atoms. The van der Waals surface area contributed by atoms with Crippen LogP contribution in [0.1, 0.15) is 23.0 Å². The number of hydrogen-bond acceptors (Lipinski definition) is 3. The maximum Gasteiger partial charge on any atom is 0.101 e. The van der Waals surface area contributed by atoms with Crippen molar-refractivity contribution < 1.29 is 13.9 Å². The second kappa shape index (κ2) is 3.72. The minimum Gasteiger partial charge on any atom is -0.472 e. The summed E-state index contributed by atoms with van der Waals surface area (Å²) in [5, 5.41) is 9.80. The van der Waals surface area contributed by atoms with Gasteiger partial charge in [0, 0.05) is 12.0 Å². The first-order valence-corrected chi connectivity index (χ1v) is 4.50. The summed E-state index contributed by atoms with van der Waals surface area (Å²) in [7, 11) is 0. The number of aliphatic hydroxyl groups excluding tert-OH is 1. The van der Waals surface area contributed by atoms with Gasteiger partial charge in [0.15, 0.2) is 0 Å². The van der Waals surface area contributed by atoms with E-state index < -0.39 is 6.10 Å². The van der Waals surface area contributed by atoms with Gasteiger partial charge in [-0.15, -0.1) is 0 Å². The molecule has 0 fully saturated rings. The first-order valence-electron chi connectivity index (χ1n) is 4.50. The van der Waals surface area contributed by atoms with Crippen molar-refractivity contribution in [2.45, 2.75) is 19.4 Å². The zero-order valence-corrected chi connectivity index (χ0v) is 7.93. The van der Waals surface area contributed by atoms with Crippen molar-refractivity contribution >= 4 is 0 Å². The lowest BCUT2D eigenvalue weighted by Gasteiger charge is -2.04. The summed E-state index contributed by atoms with van der Waals surface area (Å²) in [6, 6.07) is 3.68. The van der Waals surface area contributed by atoms with Gasteiger partial charge >= 0.3 is 0 Å². The van der Waals surface area contributed by atoms with Crippen LogP contribution in [0.3, 0.4) is 0 Å². The Bertz CT molecular complexity index is 386. The van der Waals surface area contributed by atoms with Crippen molar-refractivity contribution in [1.29, 1.82) is 0 Å². The second-order valence-electron chi connectivity index (χ2n) is 3.34. The van der Waals surface area contributed by atoms with E-state index in [-0.39, 0.29) is 0 Å². The molecule has 0 aliphatic heterocycles. The highest BCUT2D eigenvalue weighted by atomic mass is 16.3. The lowest BCUT2D eigenvalue weighted by Crippen LogP contribution is -1.99. The molecule has 3 heteroatoms. The predicted octanol–water partition coefficient (Wildman–Crippen LogP) is 2.46. The van der Waals surface area contributed by atoms with E-state index in [1.54, 1.807) is 18.8 Å². The molecule has 1 unspecified atom stereocenters. The molecule has 0 aromatic carbocycles. The SMILES string of the molecule is Cc1cc(C(O)Cc2ccoc2)co1. The normalized spacial score (nSPS) is 13.0. The molecule has 2 aromatic rings. The minimum atomic E-state index is -0.523. The molecule has 2 rings (SSSR count). The average molecular weight is 192 g/mol. The third-order valence-electron chi connectivity index (χ3n) is 2.14. The van der Waals surface area contributed by atoms with E-state index in [1.165, 1.54) is 0 Å². The van der Waals surface area contributed by atoms with Crippen molar-refractivity contribution in [3.8, 4) is 0 Å². The first kappa shape index (κ1) is 9.09. The monoisotopic (exact) mass is 192 g/mol. The van der Waals surface area contributed by atoms with Crippen molar-refractivity contribution in [2.75, 3.05) is 0 Å². The van der Waals surface area contributed by atoms with Gasteiger partial charge in [0.1, 0.15) is 5.76 Å². The molecule has 0 aliphatic rings. The number of rotatable bonds is 3. The Morgan fingerprint density at radius 2 is 2.29 bits per heavy atom. The van der Waals surface area contributed by atoms with E-state index in [2.05, 4.69) is 0 Å². The Hall–Kier alpha value is -1.48. The van der Waals surface area contributed by atoms with Gasteiger partial charge < -0.3 is 13.9 Å². The van der Waals surface area contributed by atoms with E-state index in [0.29, 0.717) is 6.42 Å². The highest BCUT2D eigenvalue weighted by Crippen LogP contribution is 2.20. The molecule has 2 heterocycles. The fourth-order valence-corrected chi connectivity index (χ4v) is 1.39. The van der Waals surface area contributed by atoms with Crippen LogP contribution in [0.4, 0.5) is 0 Å². The summed E-state index contributed by atoms with van der Waals surface area (Å²) in [6.45, 7) is 1.86. The summed E-state index contributed by atoms with van der Waals surface area (Å²) in [4.78, 5) is 0. The Balaban J connectivity index is 2.06. The summed E-state index contributed by atoms with van der Waals surface area (Å²) < 4.78 is 10.0. The molecule has 0 spiro atoms. The molecule has 0 radical (unpaired) electrons. The smallest absolute Gasteiger partial charge is 0.101 e. The van der Waals surface area contributed by atoms with Gasteiger partial charge in [-0.25, -0.2) is 0 Å². The van der Waals surface area contributed by atoms with Crippen LogP contribution < -0.4 is 0 Å². The van der Waals surface area contributed by atoms with E-state index >= 15 is 0 Å². The van der Waals surface area contributed by atoms with Crippen LogP contribution in [-0.4, -0.2) is 5.11 Å². The van der Waals surface area contributed by atoms with Crippen LogP contribution in [0, 0.1) is 6.92 Å². The lowest BCUT2D eigenvalue weighted by molar-refractivity contribution is 0.177. The molecule has 1 atom stereocenters. The third kappa shape index (κ3) is 1.88. The minimum absolute atomic E-state index is 0.523. The Morgan fingerprint density at radius 1 is 1.43 bits per heavy atom. The fourth-order valence-electron chi connectivity index (χ4n) is 1.39. The Kier molecular flexibility index (Phi) is 2.41. The number of aryl methyl sites for hydroxylation is 1. The average Bonchev–Trinajstić information content (AvgIpc) is 2.75. The van der Waals surface area contributed by atoms with E-state index in [9.17, 15) is 5.11 Å². The van der Waals surface area contributed by atoms with Crippen LogP contribution in [-0.2, 0) is 6.42 Å². The van der Waals surface area contributed by atoms with Crippen molar-refractivity contribution in [3.05, 3.63) is 47.8 Å². The molecule has 2 aromatic heterocycles. The summed E-state index contributed by atoms with van der Waals surface area (Å²) in [5.41, 5.74) is 1.79. The maximum absolute atomic E-state index is 9.80. The fraction of sp³-hybridized carbons (Fsp3) is 0.273. The summed E-state index contributed by atoms with van der Waals surface area (Å²) in [6.07, 6.45) is 4.85. The predicted molar refractivity (Wildman–Crippen MR) is 50.8 cm³/mol. The Labute approximate surface area is 82.0 Å². The molecule has 0 saturated heterocycles. The highest BCUT2D eigenvalue weighted by molar-refractivity contribution is 5.18. The van der Waals surface area contributed by atoms with Crippen molar-refractivity contribution in [1.82, 2.24) is 0 Å². The second-order valence-corrected chi connectivity index (χ2v) is 3.34. The summed E-state index contributed by atoms with van der Waals surface area (Å²) >= 11 is 0. The molecule has 3 nitrogen and oxygen atoms in total. The highest BCUT2D eigenvalue weighted by Gasteiger charge is 2.11. The van der Waals surface area contributed by atoms with Crippen molar-refractivity contribution in [3.63, 3.8) is 0 Å². The van der Waals surface area contributed by atoms with Crippen molar-refractivity contribution in [2.24, 2.45) is 0 Å². The van der Waals surface area contributed by atoms with Gasteiger partial charge in [-0.2, -0.15) is 0 Å². The van der Waals surface area contributed by atoms with Gasteiger partial charge in [0.05, 0.1) is 24.9 Å². The van der Waals surface area contributed by atoms with Crippen LogP contribution >= 0.6 is 0 Å². The van der Waals surface area contributed by atoms with Crippen LogP contribution in [0.5, 0.6) is 0 Å². The first-order chi connectivity index (χ1) is 6.75. The Morgan fingerprint density at radius 3 is 2.86 bits per heavy atom. The van der Waals surface area contributed by atoms with Crippen LogP contribution in [0.15, 0.2) is 39.8 Å². The summed E-state index contributed by atoms with van der Waals surface area (Å²) in [5.74, 6) is 0.811. The van der Waals surface area contributed by atoms with Crippen LogP contribution in [0.25, 0.3) is 0 Å². The van der Waals surface area contributed by atoms with E-state index in [0.717, 1.165) is 16.9 Å². The number of furan rings is 2. The third-order valence-corrected chi connectivity index (χ3v) is 2.14. The molecule has 0 saturated carbocycles. The van der Waals surface area contributed by atoms with Gasteiger partial charge in [0.2, 0.25) is 0 Å². The van der Waals surface area contributed by atoms with E-state index in [1.807, 2.05) is 19.1 Å². The van der Waals surface area contributed by atoms with Gasteiger partial charge in [-0.05, 0) is 24.6 Å². The molecular weight excluding hydrogens is 180 g/mol. The zero-order valence-electron chi connectivity index (χ0n) is 7.93. The topological polar surface area (TPSA) is 46.5 Å².